The molecule has 1 aromatic heterocycles. The Kier molecular flexibility index (Phi) is 7.20. The monoisotopic (exact) mass is 497 g/mol. The van der Waals surface area contributed by atoms with E-state index < -0.39 is 0 Å². The number of aryl methyl sites for hydroxylation is 2. The van der Waals surface area contributed by atoms with Crippen molar-refractivity contribution in [2.24, 2.45) is 0 Å². The number of amides is 1. The van der Waals surface area contributed by atoms with Crippen LogP contribution in [0.5, 0.6) is 5.75 Å². The molecule has 0 spiro atoms. The van der Waals surface area contributed by atoms with Crippen LogP contribution in [-0.4, -0.2) is 15.7 Å². The van der Waals surface area contributed by atoms with Gasteiger partial charge < -0.3 is 10.1 Å². The van der Waals surface area contributed by atoms with Crippen molar-refractivity contribution >= 4 is 34.9 Å². The van der Waals surface area contributed by atoms with Crippen molar-refractivity contribution in [2.75, 3.05) is 5.32 Å². The van der Waals surface area contributed by atoms with Gasteiger partial charge in [0.2, 0.25) is 0 Å². The van der Waals surface area contributed by atoms with Crippen molar-refractivity contribution in [2.45, 2.75) is 27.0 Å². The molecule has 3 aromatic carbocycles. The minimum Gasteiger partial charge on any atom is -0.489 e. The third kappa shape index (κ3) is 5.76. The lowest BCUT2D eigenvalue weighted by atomic mass is 10.1. The molecule has 1 N–H and O–H groups in total. The lowest BCUT2D eigenvalue weighted by Gasteiger charge is -2.10. The Bertz CT molecular complexity index is 1300. The molecule has 0 atom stereocenters. The summed E-state index contributed by atoms with van der Waals surface area (Å²) in [5.74, 6) is 0.370. The van der Waals surface area contributed by atoms with Gasteiger partial charge in [-0.25, -0.2) is 4.39 Å². The molecule has 0 saturated heterocycles. The van der Waals surface area contributed by atoms with Gasteiger partial charge >= 0.3 is 0 Å². The van der Waals surface area contributed by atoms with E-state index in [1.54, 1.807) is 35.1 Å². The van der Waals surface area contributed by atoms with Crippen LogP contribution in [0, 0.1) is 19.7 Å². The van der Waals surface area contributed by atoms with Gasteiger partial charge in [0.1, 0.15) is 23.2 Å². The largest absolute Gasteiger partial charge is 0.489 e. The first kappa shape index (κ1) is 23.8. The molecule has 0 fully saturated rings. The lowest BCUT2D eigenvalue weighted by molar-refractivity contribution is 0.102. The van der Waals surface area contributed by atoms with Crippen LogP contribution < -0.4 is 10.1 Å². The van der Waals surface area contributed by atoms with Crippen LogP contribution in [-0.2, 0) is 13.2 Å². The average Bonchev–Trinajstić information content (AvgIpc) is 3.16. The standard InChI is InChI=1S/C26H22Cl2FN3O2/c1-16-11-22(12-17(2)24(16)28)34-15-19-3-7-20(8-4-19)26(33)30-25-23(27)14-32(31-25)13-18-5-9-21(29)10-6-18/h3-12,14H,13,15H2,1-2H3,(H,30,31,33). The molecule has 0 radical (unpaired) electrons. The number of hydrogen-bond donors (Lipinski definition) is 1. The van der Waals surface area contributed by atoms with Gasteiger partial charge in [-0.3, -0.25) is 9.48 Å². The molecular formula is C26H22Cl2FN3O2. The third-order valence-electron chi connectivity index (χ3n) is 5.24. The number of nitrogens with one attached hydrogen (secondary N) is 1. The molecule has 8 heteroatoms. The number of rotatable bonds is 7. The Balaban J connectivity index is 1.36. The predicted octanol–water partition coefficient (Wildman–Crippen LogP) is 6.83. The van der Waals surface area contributed by atoms with Crippen LogP contribution in [0.15, 0.2) is 66.9 Å². The van der Waals surface area contributed by atoms with E-state index in [9.17, 15) is 9.18 Å². The Labute approximate surface area is 207 Å². The van der Waals surface area contributed by atoms with E-state index in [1.165, 1.54) is 12.1 Å². The summed E-state index contributed by atoms with van der Waals surface area (Å²) in [5, 5.41) is 8.11. The summed E-state index contributed by atoms with van der Waals surface area (Å²) < 4.78 is 20.5. The smallest absolute Gasteiger partial charge is 0.256 e. The zero-order chi connectivity index (χ0) is 24.2. The molecule has 0 unspecified atom stereocenters. The first-order valence-electron chi connectivity index (χ1n) is 10.6. The van der Waals surface area contributed by atoms with Gasteiger partial charge in [0.15, 0.2) is 5.82 Å². The first-order valence-corrected chi connectivity index (χ1v) is 11.3. The molecule has 174 valence electrons. The summed E-state index contributed by atoms with van der Waals surface area (Å²) >= 11 is 12.4. The number of anilines is 1. The van der Waals surface area contributed by atoms with E-state index in [4.69, 9.17) is 27.9 Å². The van der Waals surface area contributed by atoms with Crippen molar-refractivity contribution < 1.29 is 13.9 Å². The maximum atomic E-state index is 13.1. The number of hydrogen-bond acceptors (Lipinski definition) is 3. The summed E-state index contributed by atoms with van der Waals surface area (Å²) in [6, 6.07) is 17.0. The molecule has 0 bridgehead atoms. The van der Waals surface area contributed by atoms with Crippen molar-refractivity contribution in [3.05, 3.63) is 111 Å². The zero-order valence-corrected chi connectivity index (χ0v) is 20.1. The maximum absolute atomic E-state index is 13.1. The second-order valence-electron chi connectivity index (χ2n) is 7.96. The van der Waals surface area contributed by atoms with Crippen molar-refractivity contribution in [3.63, 3.8) is 0 Å². The van der Waals surface area contributed by atoms with Crippen molar-refractivity contribution in [1.82, 2.24) is 9.78 Å². The molecule has 34 heavy (non-hydrogen) atoms. The van der Waals surface area contributed by atoms with Gasteiger partial charge in [-0.2, -0.15) is 5.10 Å². The Morgan fingerprint density at radius 2 is 1.62 bits per heavy atom. The van der Waals surface area contributed by atoms with Crippen molar-refractivity contribution in [1.29, 1.82) is 0 Å². The number of benzene rings is 3. The summed E-state index contributed by atoms with van der Waals surface area (Å²) in [4.78, 5) is 12.7. The maximum Gasteiger partial charge on any atom is 0.256 e. The fourth-order valence-corrected chi connectivity index (χ4v) is 3.73. The van der Waals surface area contributed by atoms with Crippen LogP contribution >= 0.6 is 23.2 Å². The van der Waals surface area contributed by atoms with Crippen LogP contribution in [0.2, 0.25) is 10.0 Å². The molecule has 0 aliphatic heterocycles. The van der Waals surface area contributed by atoms with Gasteiger partial charge in [-0.15, -0.1) is 0 Å². The molecule has 5 nitrogen and oxygen atoms in total. The van der Waals surface area contributed by atoms with Gasteiger partial charge in [0.25, 0.3) is 5.91 Å². The first-order chi connectivity index (χ1) is 16.3. The number of carbonyl (C=O) groups is 1. The van der Waals surface area contributed by atoms with Gasteiger partial charge in [-0.1, -0.05) is 47.5 Å². The van der Waals surface area contributed by atoms with E-state index in [2.05, 4.69) is 10.4 Å². The molecule has 4 aromatic rings. The number of nitrogens with zero attached hydrogens (tertiary/aromatic N) is 2. The summed E-state index contributed by atoms with van der Waals surface area (Å²) in [5.41, 5.74) is 4.17. The highest BCUT2D eigenvalue weighted by Gasteiger charge is 2.13. The molecule has 0 aliphatic rings. The highest BCUT2D eigenvalue weighted by atomic mass is 35.5. The second kappa shape index (κ2) is 10.3. The van der Waals surface area contributed by atoms with E-state index in [0.29, 0.717) is 23.7 Å². The predicted molar refractivity (Wildman–Crippen MR) is 132 cm³/mol. The van der Waals surface area contributed by atoms with Crippen LogP contribution in [0.3, 0.4) is 0 Å². The van der Waals surface area contributed by atoms with Crippen LogP contribution in [0.4, 0.5) is 10.2 Å². The minimum atomic E-state index is -0.328. The zero-order valence-electron chi connectivity index (χ0n) is 18.6. The average molecular weight is 498 g/mol. The summed E-state index contributed by atoms with van der Waals surface area (Å²) in [6.45, 7) is 4.64. The van der Waals surface area contributed by atoms with Gasteiger partial charge in [-0.05, 0) is 72.5 Å². The highest BCUT2D eigenvalue weighted by Crippen LogP contribution is 2.26. The third-order valence-corrected chi connectivity index (χ3v) is 6.11. The van der Waals surface area contributed by atoms with E-state index in [0.717, 1.165) is 33.0 Å². The van der Waals surface area contributed by atoms with Gasteiger partial charge in [0.05, 0.1) is 6.54 Å². The van der Waals surface area contributed by atoms with Crippen LogP contribution in [0.25, 0.3) is 0 Å². The Morgan fingerprint density at radius 1 is 1.00 bits per heavy atom. The number of halogens is 3. The minimum absolute atomic E-state index is 0.259. The van der Waals surface area contributed by atoms with E-state index in [-0.39, 0.29) is 17.5 Å². The van der Waals surface area contributed by atoms with Crippen molar-refractivity contribution in [3.8, 4) is 5.75 Å². The lowest BCUT2D eigenvalue weighted by Crippen LogP contribution is -2.13. The fourth-order valence-electron chi connectivity index (χ4n) is 3.43. The summed E-state index contributed by atoms with van der Waals surface area (Å²) in [7, 11) is 0. The molecule has 1 heterocycles. The number of ether oxygens (including phenoxy) is 1. The summed E-state index contributed by atoms with van der Waals surface area (Å²) in [6.07, 6.45) is 1.61. The van der Waals surface area contributed by atoms with E-state index in [1.807, 2.05) is 38.1 Å². The highest BCUT2D eigenvalue weighted by molar-refractivity contribution is 6.33. The molecule has 0 aliphatic carbocycles. The second-order valence-corrected chi connectivity index (χ2v) is 8.75. The normalized spacial score (nSPS) is 10.9. The number of aromatic nitrogens is 2. The van der Waals surface area contributed by atoms with Gasteiger partial charge in [0, 0.05) is 16.8 Å². The quantitative estimate of drug-likeness (QED) is 0.304. The molecule has 1 amide bonds. The molecule has 4 rings (SSSR count). The number of carbonyl (C=O) groups excluding carboxylic acids is 1. The van der Waals surface area contributed by atoms with E-state index >= 15 is 0 Å². The topological polar surface area (TPSA) is 56.1 Å². The Morgan fingerprint density at radius 3 is 2.26 bits per heavy atom. The Hall–Kier alpha value is -3.35. The SMILES string of the molecule is Cc1cc(OCc2ccc(C(=O)Nc3nn(Cc4ccc(F)cc4)cc3Cl)cc2)cc(C)c1Cl. The molecule has 0 saturated carbocycles. The van der Waals surface area contributed by atoms with Crippen LogP contribution in [0.1, 0.15) is 32.6 Å². The fraction of sp³-hybridized carbons (Fsp3) is 0.154. The molecular weight excluding hydrogens is 476 g/mol.